The zero-order chi connectivity index (χ0) is 16.4. The SMILES string of the molecule is O=C1CCCN1CCN1CCCC(Cc2nc3ccccc3[nH]2)C1. The highest BCUT2D eigenvalue weighted by atomic mass is 16.2. The number of carbonyl (C=O) groups excluding carboxylic acids is 1. The molecule has 2 aromatic rings. The summed E-state index contributed by atoms with van der Waals surface area (Å²) in [5, 5.41) is 0. The molecule has 1 aromatic heterocycles. The molecule has 4 rings (SSSR count). The number of aromatic amines is 1. The molecule has 24 heavy (non-hydrogen) atoms. The number of rotatable bonds is 5. The predicted molar refractivity (Wildman–Crippen MR) is 94.8 cm³/mol. The summed E-state index contributed by atoms with van der Waals surface area (Å²) in [7, 11) is 0. The fourth-order valence-corrected chi connectivity index (χ4v) is 4.10. The molecule has 1 unspecified atom stereocenters. The van der Waals surface area contributed by atoms with Crippen molar-refractivity contribution in [1.29, 1.82) is 0 Å². The number of fused-ring (bicyclic) bond motifs is 1. The second-order valence-corrected chi connectivity index (χ2v) is 7.20. The zero-order valence-electron chi connectivity index (χ0n) is 14.2. The first-order chi connectivity index (χ1) is 11.8. The Kier molecular flexibility index (Phi) is 4.52. The molecular weight excluding hydrogens is 300 g/mol. The van der Waals surface area contributed by atoms with Crippen molar-refractivity contribution < 1.29 is 4.79 Å². The molecule has 1 amide bonds. The minimum Gasteiger partial charge on any atom is -0.342 e. The molecule has 0 aliphatic carbocycles. The number of likely N-dealkylation sites (tertiary alicyclic amines) is 2. The normalized spacial score (nSPS) is 22.6. The Hall–Kier alpha value is -1.88. The number of para-hydroxylation sites is 2. The van der Waals surface area contributed by atoms with Crippen molar-refractivity contribution in [3.63, 3.8) is 0 Å². The maximum Gasteiger partial charge on any atom is 0.222 e. The number of carbonyl (C=O) groups is 1. The van der Waals surface area contributed by atoms with E-state index in [0.717, 1.165) is 62.3 Å². The molecule has 0 bridgehead atoms. The molecule has 1 atom stereocenters. The van der Waals surface area contributed by atoms with Crippen LogP contribution >= 0.6 is 0 Å². The molecule has 2 saturated heterocycles. The van der Waals surface area contributed by atoms with Crippen molar-refractivity contribution in [1.82, 2.24) is 19.8 Å². The molecule has 2 aliphatic rings. The van der Waals surface area contributed by atoms with E-state index in [4.69, 9.17) is 4.98 Å². The van der Waals surface area contributed by atoms with Crippen molar-refractivity contribution >= 4 is 16.9 Å². The van der Waals surface area contributed by atoms with Crippen molar-refractivity contribution in [3.05, 3.63) is 30.1 Å². The van der Waals surface area contributed by atoms with Crippen LogP contribution in [0.4, 0.5) is 0 Å². The van der Waals surface area contributed by atoms with Gasteiger partial charge in [0.2, 0.25) is 5.91 Å². The second-order valence-electron chi connectivity index (χ2n) is 7.20. The van der Waals surface area contributed by atoms with E-state index in [-0.39, 0.29) is 0 Å². The van der Waals surface area contributed by atoms with Crippen molar-refractivity contribution in [2.75, 3.05) is 32.7 Å². The average molecular weight is 326 g/mol. The van der Waals surface area contributed by atoms with E-state index in [9.17, 15) is 4.79 Å². The maximum atomic E-state index is 11.7. The minimum atomic E-state index is 0.339. The molecule has 5 nitrogen and oxygen atoms in total. The number of amides is 1. The summed E-state index contributed by atoms with van der Waals surface area (Å²) in [5.74, 6) is 2.11. The molecule has 0 saturated carbocycles. The molecule has 1 aromatic carbocycles. The van der Waals surface area contributed by atoms with Gasteiger partial charge in [0.25, 0.3) is 0 Å². The van der Waals surface area contributed by atoms with Crippen LogP contribution in [-0.2, 0) is 11.2 Å². The molecule has 128 valence electrons. The number of piperidine rings is 1. The Labute approximate surface area is 143 Å². The van der Waals surface area contributed by atoms with E-state index >= 15 is 0 Å². The molecule has 1 N–H and O–H groups in total. The lowest BCUT2D eigenvalue weighted by Crippen LogP contribution is -2.41. The average Bonchev–Trinajstić information content (AvgIpc) is 3.18. The lowest BCUT2D eigenvalue weighted by molar-refractivity contribution is -0.127. The fourth-order valence-electron chi connectivity index (χ4n) is 4.10. The van der Waals surface area contributed by atoms with Gasteiger partial charge in [-0.3, -0.25) is 4.79 Å². The van der Waals surface area contributed by atoms with Crippen LogP contribution in [0.25, 0.3) is 11.0 Å². The number of benzene rings is 1. The van der Waals surface area contributed by atoms with Gasteiger partial charge < -0.3 is 14.8 Å². The van der Waals surface area contributed by atoms with Crippen LogP contribution in [0, 0.1) is 5.92 Å². The lowest BCUT2D eigenvalue weighted by atomic mass is 9.94. The van der Waals surface area contributed by atoms with Crippen LogP contribution in [0.5, 0.6) is 0 Å². The highest BCUT2D eigenvalue weighted by Crippen LogP contribution is 2.21. The van der Waals surface area contributed by atoms with Crippen molar-refractivity contribution in [3.8, 4) is 0 Å². The van der Waals surface area contributed by atoms with E-state index in [1.54, 1.807) is 0 Å². The van der Waals surface area contributed by atoms with Crippen LogP contribution in [0.15, 0.2) is 24.3 Å². The Morgan fingerprint density at radius 3 is 2.92 bits per heavy atom. The van der Waals surface area contributed by atoms with Gasteiger partial charge in [0.05, 0.1) is 11.0 Å². The maximum absolute atomic E-state index is 11.7. The van der Waals surface area contributed by atoms with Gasteiger partial charge in [-0.05, 0) is 43.9 Å². The first-order valence-corrected chi connectivity index (χ1v) is 9.22. The van der Waals surface area contributed by atoms with E-state index in [1.165, 1.54) is 19.4 Å². The Morgan fingerprint density at radius 1 is 1.17 bits per heavy atom. The van der Waals surface area contributed by atoms with Crippen LogP contribution in [-0.4, -0.2) is 58.4 Å². The van der Waals surface area contributed by atoms with Gasteiger partial charge in [-0.25, -0.2) is 4.98 Å². The molecule has 0 radical (unpaired) electrons. The largest absolute Gasteiger partial charge is 0.342 e. The molecule has 2 fully saturated rings. The highest BCUT2D eigenvalue weighted by Gasteiger charge is 2.24. The lowest BCUT2D eigenvalue weighted by Gasteiger charge is -2.33. The number of hydrogen-bond donors (Lipinski definition) is 1. The number of nitrogens with one attached hydrogen (secondary N) is 1. The van der Waals surface area contributed by atoms with E-state index in [1.807, 2.05) is 17.0 Å². The van der Waals surface area contributed by atoms with E-state index < -0.39 is 0 Å². The first-order valence-electron chi connectivity index (χ1n) is 9.22. The predicted octanol–water partition coefficient (Wildman–Crippen LogP) is 2.44. The number of nitrogens with zero attached hydrogens (tertiary/aromatic N) is 3. The second kappa shape index (κ2) is 6.93. The third-order valence-corrected chi connectivity index (χ3v) is 5.38. The smallest absolute Gasteiger partial charge is 0.222 e. The summed E-state index contributed by atoms with van der Waals surface area (Å²) in [6, 6.07) is 8.24. The first kappa shape index (κ1) is 15.6. The number of imidazole rings is 1. The quantitative estimate of drug-likeness (QED) is 0.918. The van der Waals surface area contributed by atoms with Gasteiger partial charge in [0, 0.05) is 39.0 Å². The molecular formula is C19H26N4O. The van der Waals surface area contributed by atoms with Gasteiger partial charge in [0.15, 0.2) is 0 Å². The third-order valence-electron chi connectivity index (χ3n) is 5.38. The van der Waals surface area contributed by atoms with E-state index in [0.29, 0.717) is 11.8 Å². The summed E-state index contributed by atoms with van der Waals surface area (Å²) >= 11 is 0. The fraction of sp³-hybridized carbons (Fsp3) is 0.579. The summed E-state index contributed by atoms with van der Waals surface area (Å²) in [4.78, 5) is 24.5. The van der Waals surface area contributed by atoms with Gasteiger partial charge in [-0.15, -0.1) is 0 Å². The Morgan fingerprint density at radius 2 is 2.08 bits per heavy atom. The highest BCUT2D eigenvalue weighted by molar-refractivity contribution is 5.78. The van der Waals surface area contributed by atoms with Gasteiger partial charge in [-0.1, -0.05) is 12.1 Å². The van der Waals surface area contributed by atoms with Gasteiger partial charge >= 0.3 is 0 Å². The molecule has 3 heterocycles. The van der Waals surface area contributed by atoms with Crippen molar-refractivity contribution in [2.45, 2.75) is 32.1 Å². The summed E-state index contributed by atoms with van der Waals surface area (Å²) in [6.45, 7) is 5.16. The number of aromatic nitrogens is 2. The zero-order valence-corrected chi connectivity index (χ0v) is 14.2. The van der Waals surface area contributed by atoms with Crippen LogP contribution in [0.3, 0.4) is 0 Å². The van der Waals surface area contributed by atoms with Crippen LogP contribution in [0.2, 0.25) is 0 Å². The van der Waals surface area contributed by atoms with Gasteiger partial charge in [0.1, 0.15) is 5.82 Å². The van der Waals surface area contributed by atoms with Crippen LogP contribution < -0.4 is 0 Å². The number of H-pyrrole nitrogens is 1. The third kappa shape index (κ3) is 3.46. The minimum absolute atomic E-state index is 0.339. The number of hydrogen-bond acceptors (Lipinski definition) is 3. The van der Waals surface area contributed by atoms with Crippen LogP contribution in [0.1, 0.15) is 31.5 Å². The topological polar surface area (TPSA) is 52.2 Å². The standard InChI is InChI=1S/C19H26N4O/c24-19-8-4-10-23(19)12-11-22-9-3-5-15(14-22)13-18-20-16-6-1-2-7-17(16)21-18/h1-2,6-7,15H,3-5,8-14H2,(H,20,21). The molecule has 0 spiro atoms. The Balaban J connectivity index is 1.32. The summed E-state index contributed by atoms with van der Waals surface area (Å²) in [5.41, 5.74) is 2.19. The molecule has 5 heteroatoms. The van der Waals surface area contributed by atoms with Gasteiger partial charge in [-0.2, -0.15) is 0 Å². The Bertz CT molecular complexity index is 677. The van der Waals surface area contributed by atoms with Crippen molar-refractivity contribution in [2.24, 2.45) is 5.92 Å². The monoisotopic (exact) mass is 326 g/mol. The van der Waals surface area contributed by atoms with E-state index in [2.05, 4.69) is 22.0 Å². The summed E-state index contributed by atoms with van der Waals surface area (Å²) < 4.78 is 0. The summed E-state index contributed by atoms with van der Waals surface area (Å²) in [6.07, 6.45) is 5.32. The molecule has 2 aliphatic heterocycles.